The van der Waals surface area contributed by atoms with Crippen LogP contribution >= 0.6 is 22.9 Å². The first-order valence-electron chi connectivity index (χ1n) is 10.1. The molecule has 1 amide bonds. The number of rotatable bonds is 8. The molecule has 3 rings (SSSR count). The van der Waals surface area contributed by atoms with E-state index in [9.17, 15) is 14.7 Å². The van der Waals surface area contributed by atoms with E-state index in [1.807, 2.05) is 32.2 Å². The van der Waals surface area contributed by atoms with Crippen LogP contribution < -0.4 is 9.47 Å². The second-order valence-corrected chi connectivity index (χ2v) is 8.92. The molecule has 1 unspecified atom stereocenters. The molecule has 1 fully saturated rings. The van der Waals surface area contributed by atoms with Crippen LogP contribution in [0.4, 0.5) is 0 Å². The Balaban J connectivity index is 2.17. The number of carbonyl (C=O) groups is 2. The lowest BCUT2D eigenvalue weighted by Gasteiger charge is -2.25. The number of methoxy groups -OCH3 is 2. The van der Waals surface area contributed by atoms with Crippen LogP contribution in [0.2, 0.25) is 5.02 Å². The highest BCUT2D eigenvalue weighted by Gasteiger charge is 2.47. The Labute approximate surface area is 196 Å². The van der Waals surface area contributed by atoms with Crippen LogP contribution in [0.25, 0.3) is 5.76 Å². The average Bonchev–Trinajstić information content (AvgIpc) is 3.28. The summed E-state index contributed by atoms with van der Waals surface area (Å²) in [6, 6.07) is 4.16. The molecule has 0 radical (unpaired) electrons. The summed E-state index contributed by atoms with van der Waals surface area (Å²) in [4.78, 5) is 28.3. The quantitative estimate of drug-likeness (QED) is 0.339. The van der Waals surface area contributed by atoms with E-state index in [0.29, 0.717) is 5.75 Å². The molecular formula is C23H26ClNO6S. The predicted molar refractivity (Wildman–Crippen MR) is 124 cm³/mol. The lowest BCUT2D eigenvalue weighted by Crippen LogP contribution is -2.33. The van der Waals surface area contributed by atoms with Gasteiger partial charge >= 0.3 is 0 Å². The summed E-state index contributed by atoms with van der Waals surface area (Å²) < 4.78 is 16.2. The molecule has 0 aliphatic carbocycles. The zero-order valence-electron chi connectivity index (χ0n) is 18.6. The number of hydrogen-bond acceptors (Lipinski definition) is 7. The van der Waals surface area contributed by atoms with E-state index in [-0.39, 0.29) is 46.9 Å². The zero-order chi connectivity index (χ0) is 23.6. The predicted octanol–water partition coefficient (Wildman–Crippen LogP) is 4.57. The van der Waals surface area contributed by atoms with Gasteiger partial charge in [-0.15, -0.1) is 11.3 Å². The number of likely N-dealkylation sites (tertiary alicyclic amines) is 1. The Morgan fingerprint density at radius 1 is 1.22 bits per heavy atom. The number of aliphatic hydroxyl groups excluding tert-OH is 1. The molecule has 1 aromatic heterocycles. The second kappa shape index (κ2) is 9.94. The van der Waals surface area contributed by atoms with E-state index in [1.165, 1.54) is 42.6 Å². The van der Waals surface area contributed by atoms with Crippen LogP contribution in [0.5, 0.6) is 11.5 Å². The minimum absolute atomic E-state index is 0.00960. The SMILES string of the molecule is COc1cc(OC)c(/C(O)=C2\C(=O)C(=O)N(CCOC(C)C)C2c2sccc2C)cc1Cl. The van der Waals surface area contributed by atoms with Gasteiger partial charge in [-0.05, 0) is 43.8 Å². The molecule has 1 aromatic carbocycles. The van der Waals surface area contributed by atoms with Gasteiger partial charge in [0.2, 0.25) is 0 Å². The summed E-state index contributed by atoms with van der Waals surface area (Å²) in [5, 5.41) is 13.4. The summed E-state index contributed by atoms with van der Waals surface area (Å²) in [5.74, 6) is -1.18. The maximum atomic E-state index is 13.1. The van der Waals surface area contributed by atoms with Crippen molar-refractivity contribution in [2.45, 2.75) is 32.9 Å². The van der Waals surface area contributed by atoms with Crippen molar-refractivity contribution in [1.29, 1.82) is 0 Å². The van der Waals surface area contributed by atoms with Gasteiger partial charge in [-0.1, -0.05) is 11.6 Å². The Hall–Kier alpha value is -2.55. The third-order valence-electron chi connectivity index (χ3n) is 5.20. The summed E-state index contributed by atoms with van der Waals surface area (Å²) in [6.45, 7) is 6.18. The van der Waals surface area contributed by atoms with Crippen molar-refractivity contribution in [2.24, 2.45) is 0 Å². The maximum Gasteiger partial charge on any atom is 0.295 e. The molecule has 7 nitrogen and oxygen atoms in total. The van der Waals surface area contributed by atoms with Gasteiger partial charge in [-0.25, -0.2) is 0 Å². The molecule has 1 saturated heterocycles. The standard InChI is InChI=1S/C23H26ClNO6S/c1-12(2)31-8-7-25-19(22-13(3)6-9-32-22)18(21(27)23(25)28)20(26)14-10-15(24)17(30-5)11-16(14)29-4/h6,9-12,19,26H,7-8H2,1-5H3/b20-18+. The van der Waals surface area contributed by atoms with Crippen molar-refractivity contribution in [1.82, 2.24) is 4.90 Å². The van der Waals surface area contributed by atoms with Gasteiger partial charge < -0.3 is 24.2 Å². The topological polar surface area (TPSA) is 85.3 Å². The highest BCUT2D eigenvalue weighted by molar-refractivity contribution is 7.10. The first-order chi connectivity index (χ1) is 15.2. The highest BCUT2D eigenvalue weighted by Crippen LogP contribution is 2.44. The average molecular weight is 480 g/mol. The van der Waals surface area contributed by atoms with Gasteiger partial charge in [0.15, 0.2) is 0 Å². The molecule has 1 atom stereocenters. The summed E-state index contributed by atoms with van der Waals surface area (Å²) in [5.41, 5.74) is 1.11. The van der Waals surface area contributed by atoms with Gasteiger partial charge in [-0.3, -0.25) is 9.59 Å². The fourth-order valence-electron chi connectivity index (χ4n) is 3.62. The molecular weight excluding hydrogens is 454 g/mol. The molecule has 1 N–H and O–H groups in total. The molecule has 2 heterocycles. The van der Waals surface area contributed by atoms with E-state index in [0.717, 1.165) is 10.4 Å². The van der Waals surface area contributed by atoms with Gasteiger partial charge in [-0.2, -0.15) is 0 Å². The number of halogens is 1. The number of nitrogens with zero attached hydrogens (tertiary/aromatic N) is 1. The molecule has 9 heteroatoms. The Kier molecular flexibility index (Phi) is 7.48. The highest BCUT2D eigenvalue weighted by atomic mass is 35.5. The number of carbonyl (C=O) groups excluding carboxylic acids is 2. The van der Waals surface area contributed by atoms with Gasteiger partial charge in [0.05, 0.1) is 49.1 Å². The van der Waals surface area contributed by atoms with Gasteiger partial charge in [0.1, 0.15) is 17.3 Å². The van der Waals surface area contributed by atoms with E-state index < -0.39 is 17.7 Å². The largest absolute Gasteiger partial charge is 0.507 e. The lowest BCUT2D eigenvalue weighted by atomic mass is 9.98. The molecule has 32 heavy (non-hydrogen) atoms. The fourth-order valence-corrected chi connectivity index (χ4v) is 4.91. The minimum Gasteiger partial charge on any atom is -0.507 e. The summed E-state index contributed by atoms with van der Waals surface area (Å²) in [7, 11) is 2.90. The first-order valence-corrected chi connectivity index (χ1v) is 11.3. The normalized spacial score (nSPS) is 18.0. The van der Waals surface area contributed by atoms with E-state index in [2.05, 4.69) is 0 Å². The van der Waals surface area contributed by atoms with Crippen molar-refractivity contribution in [3.8, 4) is 11.5 Å². The van der Waals surface area contributed by atoms with Gasteiger partial charge in [0, 0.05) is 17.5 Å². The van der Waals surface area contributed by atoms with Crippen LogP contribution in [0.15, 0.2) is 29.2 Å². The van der Waals surface area contributed by atoms with Crippen LogP contribution in [-0.4, -0.2) is 55.2 Å². The van der Waals surface area contributed by atoms with Crippen LogP contribution in [0.3, 0.4) is 0 Å². The van der Waals surface area contributed by atoms with Crippen molar-refractivity contribution >= 4 is 40.4 Å². The number of aliphatic hydroxyl groups is 1. The second-order valence-electron chi connectivity index (χ2n) is 7.57. The third-order valence-corrected chi connectivity index (χ3v) is 6.57. The number of thiophene rings is 1. The van der Waals surface area contributed by atoms with E-state index in [1.54, 1.807) is 0 Å². The van der Waals surface area contributed by atoms with Crippen molar-refractivity contribution in [3.05, 3.63) is 50.2 Å². The number of benzene rings is 1. The van der Waals surface area contributed by atoms with Gasteiger partial charge in [0.25, 0.3) is 11.7 Å². The van der Waals surface area contributed by atoms with Crippen molar-refractivity contribution in [3.63, 3.8) is 0 Å². The van der Waals surface area contributed by atoms with Crippen molar-refractivity contribution < 1.29 is 28.9 Å². The number of ketones is 1. The van der Waals surface area contributed by atoms with Crippen molar-refractivity contribution in [2.75, 3.05) is 27.4 Å². The minimum atomic E-state index is -0.765. The van der Waals surface area contributed by atoms with Crippen LogP contribution in [0.1, 0.15) is 35.9 Å². The number of amides is 1. The molecule has 0 saturated carbocycles. The molecule has 1 aliphatic heterocycles. The summed E-state index contributed by atoms with van der Waals surface area (Å²) >= 11 is 7.69. The molecule has 0 spiro atoms. The lowest BCUT2D eigenvalue weighted by molar-refractivity contribution is -0.140. The third kappa shape index (κ3) is 4.48. The zero-order valence-corrected chi connectivity index (χ0v) is 20.2. The molecule has 172 valence electrons. The van der Waals surface area contributed by atoms with Crippen LogP contribution in [-0.2, 0) is 14.3 Å². The fraction of sp³-hybridized carbons (Fsp3) is 0.391. The number of Topliss-reactive ketones (excluding diaryl/α,β-unsaturated/α-hetero) is 1. The van der Waals surface area contributed by atoms with Crippen LogP contribution in [0, 0.1) is 6.92 Å². The molecule has 0 bridgehead atoms. The number of ether oxygens (including phenoxy) is 3. The smallest absolute Gasteiger partial charge is 0.295 e. The monoisotopic (exact) mass is 479 g/mol. The Morgan fingerprint density at radius 2 is 1.91 bits per heavy atom. The molecule has 1 aliphatic rings. The number of aryl methyl sites for hydroxylation is 1. The van der Waals surface area contributed by atoms with E-state index >= 15 is 0 Å². The first kappa shape index (κ1) is 24.1. The summed E-state index contributed by atoms with van der Waals surface area (Å²) in [6.07, 6.45) is -0.0144. The number of hydrogen-bond donors (Lipinski definition) is 1. The Morgan fingerprint density at radius 3 is 2.47 bits per heavy atom. The van der Waals surface area contributed by atoms with E-state index in [4.69, 9.17) is 25.8 Å². The maximum absolute atomic E-state index is 13.1. The molecule has 2 aromatic rings. The Bertz CT molecular complexity index is 1060.